The summed E-state index contributed by atoms with van der Waals surface area (Å²) in [4.78, 5) is 14.3. The second-order valence-corrected chi connectivity index (χ2v) is 4.76. The molecule has 1 aromatic heterocycles. The highest BCUT2D eigenvalue weighted by molar-refractivity contribution is 7.12. The number of anilines is 1. The topological polar surface area (TPSA) is 58.4 Å². The molecule has 15 heavy (non-hydrogen) atoms. The summed E-state index contributed by atoms with van der Waals surface area (Å²) in [5.74, 6) is -0.0862. The first-order valence-corrected chi connectivity index (χ1v) is 5.67. The highest BCUT2D eigenvalue weighted by atomic mass is 32.1. The van der Waals surface area contributed by atoms with Crippen LogP contribution in [-0.2, 0) is 0 Å². The Morgan fingerprint density at radius 1 is 1.67 bits per heavy atom. The minimum absolute atomic E-state index is 0.0862. The van der Waals surface area contributed by atoms with Gasteiger partial charge < -0.3 is 16.0 Å². The summed E-state index contributed by atoms with van der Waals surface area (Å²) in [6.45, 7) is 2.79. The molecule has 3 N–H and O–H groups in total. The molecule has 0 aliphatic rings. The lowest BCUT2D eigenvalue weighted by Gasteiger charge is -2.17. The summed E-state index contributed by atoms with van der Waals surface area (Å²) in [6.07, 6.45) is 0. The molecule has 0 bridgehead atoms. The van der Waals surface area contributed by atoms with Crippen molar-refractivity contribution in [2.75, 3.05) is 26.4 Å². The van der Waals surface area contributed by atoms with Crippen molar-refractivity contribution in [2.45, 2.75) is 13.0 Å². The van der Waals surface area contributed by atoms with Crippen molar-refractivity contribution < 1.29 is 4.79 Å². The Balaban J connectivity index is 2.53. The van der Waals surface area contributed by atoms with Gasteiger partial charge in [-0.2, -0.15) is 0 Å². The van der Waals surface area contributed by atoms with Gasteiger partial charge >= 0.3 is 0 Å². The van der Waals surface area contributed by atoms with Crippen LogP contribution in [-0.4, -0.2) is 37.5 Å². The highest BCUT2D eigenvalue weighted by Gasteiger charge is 2.13. The maximum absolute atomic E-state index is 11.7. The molecular formula is C10H17N3OS. The van der Waals surface area contributed by atoms with E-state index in [4.69, 9.17) is 5.73 Å². The smallest absolute Gasteiger partial charge is 0.263 e. The van der Waals surface area contributed by atoms with Crippen LogP contribution < -0.4 is 11.1 Å². The Morgan fingerprint density at radius 2 is 2.33 bits per heavy atom. The Hall–Kier alpha value is -1.07. The molecule has 0 aromatic carbocycles. The van der Waals surface area contributed by atoms with E-state index in [1.54, 1.807) is 6.07 Å². The van der Waals surface area contributed by atoms with E-state index in [9.17, 15) is 4.79 Å². The third-order valence-corrected chi connectivity index (χ3v) is 2.85. The molecule has 1 amide bonds. The van der Waals surface area contributed by atoms with Crippen molar-refractivity contribution in [3.63, 3.8) is 0 Å². The van der Waals surface area contributed by atoms with Crippen molar-refractivity contribution in [2.24, 2.45) is 0 Å². The van der Waals surface area contributed by atoms with Crippen LogP contribution in [0.3, 0.4) is 0 Å². The third-order valence-electron chi connectivity index (χ3n) is 1.92. The summed E-state index contributed by atoms with van der Waals surface area (Å²) >= 11 is 1.37. The molecule has 4 nitrogen and oxygen atoms in total. The van der Waals surface area contributed by atoms with Crippen molar-refractivity contribution >= 4 is 22.9 Å². The lowest BCUT2D eigenvalue weighted by molar-refractivity contribution is 0.0939. The van der Waals surface area contributed by atoms with E-state index in [2.05, 4.69) is 5.32 Å². The van der Waals surface area contributed by atoms with Crippen molar-refractivity contribution in [3.05, 3.63) is 16.3 Å². The number of carbonyl (C=O) groups is 1. The van der Waals surface area contributed by atoms with E-state index in [-0.39, 0.29) is 11.9 Å². The van der Waals surface area contributed by atoms with Gasteiger partial charge in [-0.1, -0.05) is 0 Å². The lowest BCUT2D eigenvalue weighted by atomic mass is 10.3. The number of amides is 1. The number of nitrogen functional groups attached to an aromatic ring is 1. The fourth-order valence-electron chi connectivity index (χ4n) is 1.39. The normalized spacial score (nSPS) is 12.8. The molecule has 0 spiro atoms. The van der Waals surface area contributed by atoms with Crippen molar-refractivity contribution in [1.82, 2.24) is 10.2 Å². The van der Waals surface area contributed by atoms with Crippen LogP contribution in [0.1, 0.15) is 16.6 Å². The molecule has 0 saturated carbocycles. The number of thiophene rings is 1. The van der Waals surface area contributed by atoms with Gasteiger partial charge in [-0.25, -0.2) is 0 Å². The van der Waals surface area contributed by atoms with Gasteiger partial charge in [-0.3, -0.25) is 4.79 Å². The maximum Gasteiger partial charge on any atom is 0.263 e. The Kier molecular flexibility index (Phi) is 4.11. The van der Waals surface area contributed by atoms with E-state index >= 15 is 0 Å². The number of rotatable bonds is 4. The number of hydrogen-bond acceptors (Lipinski definition) is 4. The van der Waals surface area contributed by atoms with Gasteiger partial charge in [0.05, 0.1) is 5.69 Å². The molecule has 0 aliphatic carbocycles. The standard InChI is InChI=1S/C10H17N3OS/c1-7(6-13(2)3)12-10(14)9-8(11)4-5-15-9/h4-5,7H,6,11H2,1-3H3,(H,12,14). The zero-order valence-corrected chi connectivity index (χ0v) is 10.1. The molecule has 1 rings (SSSR count). The molecule has 1 unspecified atom stereocenters. The second-order valence-electron chi connectivity index (χ2n) is 3.84. The van der Waals surface area contributed by atoms with Gasteiger partial charge in [0.1, 0.15) is 4.88 Å². The Morgan fingerprint density at radius 3 is 2.80 bits per heavy atom. The number of hydrogen-bond donors (Lipinski definition) is 2. The van der Waals surface area contributed by atoms with Gasteiger partial charge in [0.25, 0.3) is 5.91 Å². The molecule has 1 heterocycles. The molecule has 84 valence electrons. The third kappa shape index (κ3) is 3.53. The van der Waals surface area contributed by atoms with Gasteiger partial charge in [0, 0.05) is 12.6 Å². The van der Waals surface area contributed by atoms with E-state index in [1.807, 2.05) is 31.3 Å². The van der Waals surface area contributed by atoms with Gasteiger partial charge in [-0.05, 0) is 32.5 Å². The van der Waals surface area contributed by atoms with Gasteiger partial charge in [-0.15, -0.1) is 11.3 Å². The molecule has 5 heteroatoms. The predicted molar refractivity (Wildman–Crippen MR) is 64.2 cm³/mol. The van der Waals surface area contributed by atoms with E-state index in [0.29, 0.717) is 10.6 Å². The molecule has 0 saturated heterocycles. The van der Waals surface area contributed by atoms with Crippen LogP contribution in [0, 0.1) is 0 Å². The van der Waals surface area contributed by atoms with Gasteiger partial charge in [0.15, 0.2) is 0 Å². The predicted octanol–water partition coefficient (Wildman–Crippen LogP) is 1.01. The molecule has 0 aliphatic heterocycles. The SMILES string of the molecule is CC(CN(C)C)NC(=O)c1sccc1N. The summed E-state index contributed by atoms with van der Waals surface area (Å²) in [6, 6.07) is 1.87. The summed E-state index contributed by atoms with van der Waals surface area (Å²) in [7, 11) is 3.95. The van der Waals surface area contributed by atoms with Crippen molar-refractivity contribution in [1.29, 1.82) is 0 Å². The quantitative estimate of drug-likeness (QED) is 0.807. The minimum atomic E-state index is -0.0862. The van der Waals surface area contributed by atoms with E-state index < -0.39 is 0 Å². The van der Waals surface area contributed by atoms with E-state index in [1.165, 1.54) is 11.3 Å². The summed E-state index contributed by atoms with van der Waals surface area (Å²) in [5.41, 5.74) is 6.21. The first-order chi connectivity index (χ1) is 7.00. The minimum Gasteiger partial charge on any atom is -0.397 e. The molecule has 0 fully saturated rings. The van der Waals surface area contributed by atoms with E-state index in [0.717, 1.165) is 6.54 Å². The Labute approximate surface area is 94.1 Å². The second kappa shape index (κ2) is 5.14. The lowest BCUT2D eigenvalue weighted by Crippen LogP contribution is -2.39. The summed E-state index contributed by atoms with van der Waals surface area (Å²) < 4.78 is 0. The fourth-order valence-corrected chi connectivity index (χ4v) is 2.11. The first kappa shape index (κ1) is 12.0. The van der Waals surface area contributed by atoms with Crippen LogP contribution in [0.5, 0.6) is 0 Å². The van der Waals surface area contributed by atoms with Crippen LogP contribution in [0.2, 0.25) is 0 Å². The van der Waals surface area contributed by atoms with Crippen molar-refractivity contribution in [3.8, 4) is 0 Å². The molecule has 1 aromatic rings. The Bertz CT molecular complexity index is 335. The maximum atomic E-state index is 11.7. The van der Waals surface area contributed by atoms with Gasteiger partial charge in [0.2, 0.25) is 0 Å². The number of nitrogens with two attached hydrogens (primary N) is 1. The molecule has 1 atom stereocenters. The number of likely N-dealkylation sites (N-methyl/N-ethyl adjacent to an activating group) is 1. The number of carbonyl (C=O) groups excluding carboxylic acids is 1. The fraction of sp³-hybridized carbons (Fsp3) is 0.500. The molecule has 0 radical (unpaired) electrons. The monoisotopic (exact) mass is 227 g/mol. The number of nitrogens with one attached hydrogen (secondary N) is 1. The van der Waals surface area contributed by atoms with Crippen LogP contribution in [0.4, 0.5) is 5.69 Å². The van der Waals surface area contributed by atoms with Crippen LogP contribution in [0.15, 0.2) is 11.4 Å². The van der Waals surface area contributed by atoms with Crippen LogP contribution >= 0.6 is 11.3 Å². The zero-order valence-electron chi connectivity index (χ0n) is 9.28. The van der Waals surface area contributed by atoms with Crippen LogP contribution in [0.25, 0.3) is 0 Å². The first-order valence-electron chi connectivity index (χ1n) is 4.79. The largest absolute Gasteiger partial charge is 0.397 e. The number of nitrogens with zero attached hydrogens (tertiary/aromatic N) is 1. The highest BCUT2D eigenvalue weighted by Crippen LogP contribution is 2.18. The summed E-state index contributed by atoms with van der Waals surface area (Å²) in [5, 5.41) is 4.72. The molecular weight excluding hydrogens is 210 g/mol. The zero-order chi connectivity index (χ0) is 11.4. The average Bonchev–Trinajstić information content (AvgIpc) is 2.49. The average molecular weight is 227 g/mol.